The Kier molecular flexibility index (Phi) is 9.04. The van der Waals surface area contributed by atoms with Crippen molar-refractivity contribution in [1.82, 2.24) is 14.9 Å². The third-order valence-corrected chi connectivity index (χ3v) is 5.11. The largest absolute Gasteiger partial charge is 0.480 e. The van der Waals surface area contributed by atoms with Gasteiger partial charge in [-0.3, -0.25) is 19.1 Å². The van der Waals surface area contributed by atoms with Crippen molar-refractivity contribution in [1.29, 1.82) is 0 Å². The van der Waals surface area contributed by atoms with Crippen molar-refractivity contribution in [2.45, 2.75) is 55.4 Å². The van der Waals surface area contributed by atoms with Crippen LogP contribution in [0.3, 0.4) is 0 Å². The third kappa shape index (κ3) is 6.19. The number of nitrogens with one attached hydrogen (secondary N) is 2. The number of hydrogen-bond acceptors (Lipinski definition) is 13. The number of hydrogen-bond donors (Lipinski definition) is 10. The minimum Gasteiger partial charge on any atom is -0.480 e. The summed E-state index contributed by atoms with van der Waals surface area (Å²) in [6.45, 7) is -1.63. The highest BCUT2D eigenvalue weighted by atomic mass is 16.6. The molecule has 8 atom stereocenters. The average molecular weight is 507 g/mol. The van der Waals surface area contributed by atoms with Gasteiger partial charge in [0.2, 0.25) is 5.91 Å². The fourth-order valence-electron chi connectivity index (χ4n) is 3.21. The van der Waals surface area contributed by atoms with E-state index in [1.807, 2.05) is 10.3 Å². The van der Waals surface area contributed by atoms with E-state index in [4.69, 9.17) is 16.2 Å². The van der Waals surface area contributed by atoms with Crippen LogP contribution in [0.5, 0.6) is 0 Å². The second kappa shape index (κ2) is 11.4. The molecule has 0 unspecified atom stereocenters. The number of primary amides is 1. The highest BCUT2D eigenvalue weighted by Gasteiger charge is 2.50. The van der Waals surface area contributed by atoms with Crippen LogP contribution >= 0.6 is 0 Å². The summed E-state index contributed by atoms with van der Waals surface area (Å²) in [5.74, 6) is -3.13. The Balaban J connectivity index is 2.22. The molecule has 0 spiro atoms. The number of carboxylic acid groups (broad SMARTS) is 1. The van der Waals surface area contributed by atoms with Crippen LogP contribution in [-0.4, -0.2) is 107 Å². The molecule has 18 nitrogen and oxygen atoms in total. The molecule has 1 saturated heterocycles. The lowest BCUT2D eigenvalue weighted by atomic mass is 10.0. The van der Waals surface area contributed by atoms with Crippen molar-refractivity contribution in [3.05, 3.63) is 32.6 Å². The lowest BCUT2D eigenvalue weighted by Gasteiger charge is -2.27. The predicted octanol–water partition coefficient (Wildman–Crippen LogP) is -6.64. The highest BCUT2D eigenvalue weighted by Crippen LogP contribution is 2.30. The summed E-state index contributed by atoms with van der Waals surface area (Å²) in [6.07, 6.45) is -11.9. The number of carbonyl (C=O) groups excluding carboxylic acids is 2. The van der Waals surface area contributed by atoms with Gasteiger partial charge in [-0.15, -0.1) is 0 Å². The van der Waals surface area contributed by atoms with Crippen LogP contribution in [0.15, 0.2) is 15.8 Å². The number of nitrogens with zero attached hydrogens (tertiary/aromatic N) is 1. The Hall–Kier alpha value is -3.39. The number of rotatable bonds is 10. The average Bonchev–Trinajstić information content (AvgIpc) is 3.08. The van der Waals surface area contributed by atoms with Gasteiger partial charge in [0.05, 0.1) is 12.2 Å². The van der Waals surface area contributed by atoms with Gasteiger partial charge in [-0.1, -0.05) is 0 Å². The highest BCUT2D eigenvalue weighted by molar-refractivity contribution is 5.87. The van der Waals surface area contributed by atoms with Gasteiger partial charge in [-0.25, -0.2) is 14.4 Å². The van der Waals surface area contributed by atoms with Gasteiger partial charge in [0, 0.05) is 6.20 Å². The molecule has 1 fully saturated rings. The summed E-state index contributed by atoms with van der Waals surface area (Å²) >= 11 is 0. The van der Waals surface area contributed by atoms with Gasteiger partial charge >= 0.3 is 17.8 Å². The molecule has 0 aliphatic carbocycles. The number of aliphatic carboxylic acids is 1. The molecule has 0 bridgehead atoms. The Morgan fingerprint density at radius 3 is 2.40 bits per heavy atom. The zero-order valence-electron chi connectivity index (χ0n) is 17.8. The SMILES string of the molecule is NC(=O)OC[C@@H](O)[C@@H](O)[C@@H](N)C(=O)N[C@H](C(=O)O)[C@@H]1O[C@@H](n2cc(CO)c(=O)[nH]c2=O)[C@@H](O)[C@@H]1O. The van der Waals surface area contributed by atoms with Gasteiger partial charge in [-0.2, -0.15) is 0 Å². The van der Waals surface area contributed by atoms with Gasteiger partial charge in [0.25, 0.3) is 5.56 Å². The molecular formula is C17H25N5O13. The lowest BCUT2D eigenvalue weighted by molar-refractivity contribution is -0.150. The maximum atomic E-state index is 12.4. The summed E-state index contributed by atoms with van der Waals surface area (Å²) in [6, 6.07) is -4.05. The quantitative estimate of drug-likeness (QED) is 0.141. The number of aromatic amines is 1. The number of carbonyl (C=O) groups is 3. The first-order chi connectivity index (χ1) is 16.3. The van der Waals surface area contributed by atoms with E-state index in [2.05, 4.69) is 4.74 Å². The monoisotopic (exact) mass is 507 g/mol. The Morgan fingerprint density at radius 1 is 1.23 bits per heavy atom. The standard InChI is InChI=1S/C17H25N5O13/c18-6(8(25)5(24)3-34-16(19)32)13(29)20-7(15(30)31)11-9(26)10(27)14(35-11)22-1-4(2-23)12(28)21-17(22)33/h1,5-11,14,23-27H,2-3,18H2,(H2,19,32)(H,20,29)(H,30,31)(H,21,28,33)/t5-,6-,7+,8-,9+,10+,11+,14-/m1/s1. The number of H-pyrrole nitrogens is 1. The van der Waals surface area contributed by atoms with Crippen molar-refractivity contribution in [3.63, 3.8) is 0 Å². The summed E-state index contributed by atoms with van der Waals surface area (Å²) < 4.78 is 10.2. The molecule has 1 aromatic heterocycles. The van der Waals surface area contributed by atoms with Gasteiger partial charge in [-0.05, 0) is 0 Å². The van der Waals surface area contributed by atoms with Crippen molar-refractivity contribution in [2.75, 3.05) is 6.61 Å². The smallest absolute Gasteiger partial charge is 0.404 e. The Bertz CT molecular complexity index is 1060. The number of nitrogens with two attached hydrogens (primary N) is 2. The van der Waals surface area contributed by atoms with E-state index in [0.29, 0.717) is 4.57 Å². The van der Waals surface area contributed by atoms with Crippen molar-refractivity contribution in [3.8, 4) is 0 Å². The van der Waals surface area contributed by atoms with E-state index in [0.717, 1.165) is 6.20 Å². The van der Waals surface area contributed by atoms with Crippen LogP contribution in [0.1, 0.15) is 11.8 Å². The summed E-state index contributed by atoms with van der Waals surface area (Å²) in [5, 5.41) is 61.0. The van der Waals surface area contributed by atoms with E-state index in [1.54, 1.807) is 0 Å². The van der Waals surface area contributed by atoms with Gasteiger partial charge in [0.1, 0.15) is 43.2 Å². The van der Waals surface area contributed by atoms with Crippen LogP contribution in [-0.2, 0) is 25.7 Å². The van der Waals surface area contributed by atoms with E-state index in [9.17, 15) is 54.6 Å². The van der Waals surface area contributed by atoms with E-state index in [1.165, 1.54) is 0 Å². The third-order valence-electron chi connectivity index (χ3n) is 5.11. The van der Waals surface area contributed by atoms with Crippen LogP contribution in [0.4, 0.5) is 4.79 Å². The van der Waals surface area contributed by atoms with Gasteiger partial charge < -0.3 is 56.9 Å². The van der Waals surface area contributed by atoms with E-state index < -0.39 is 91.3 Å². The molecule has 12 N–H and O–H groups in total. The molecular weight excluding hydrogens is 482 g/mol. The van der Waals surface area contributed by atoms with Crippen molar-refractivity contribution < 1.29 is 54.5 Å². The van der Waals surface area contributed by atoms with Crippen molar-refractivity contribution in [2.24, 2.45) is 11.5 Å². The predicted molar refractivity (Wildman–Crippen MR) is 108 cm³/mol. The minimum atomic E-state index is -2.09. The second-order valence-corrected chi connectivity index (χ2v) is 7.49. The maximum absolute atomic E-state index is 12.4. The Labute approximate surface area is 194 Å². The molecule has 2 rings (SSSR count). The number of aliphatic hydroxyl groups excluding tert-OH is 5. The van der Waals surface area contributed by atoms with E-state index in [-0.39, 0.29) is 5.56 Å². The molecule has 0 saturated carbocycles. The summed E-state index contributed by atoms with van der Waals surface area (Å²) in [7, 11) is 0. The molecule has 2 heterocycles. The van der Waals surface area contributed by atoms with Crippen molar-refractivity contribution >= 4 is 18.0 Å². The molecule has 35 heavy (non-hydrogen) atoms. The second-order valence-electron chi connectivity index (χ2n) is 7.49. The zero-order chi connectivity index (χ0) is 26.6. The number of aliphatic hydroxyl groups is 5. The number of carboxylic acids is 1. The molecule has 0 radical (unpaired) electrons. The first-order valence-electron chi connectivity index (χ1n) is 9.84. The molecule has 196 valence electrons. The van der Waals surface area contributed by atoms with Crippen LogP contribution < -0.4 is 28.0 Å². The van der Waals surface area contributed by atoms with Gasteiger partial charge in [0.15, 0.2) is 12.3 Å². The fourth-order valence-corrected chi connectivity index (χ4v) is 3.21. The zero-order valence-corrected chi connectivity index (χ0v) is 17.8. The Morgan fingerprint density at radius 2 is 1.86 bits per heavy atom. The summed E-state index contributed by atoms with van der Waals surface area (Å²) in [4.78, 5) is 60.3. The molecule has 1 aliphatic rings. The first-order valence-corrected chi connectivity index (χ1v) is 9.84. The maximum Gasteiger partial charge on any atom is 0.404 e. The van der Waals surface area contributed by atoms with Crippen LogP contribution in [0, 0.1) is 0 Å². The normalized spacial score (nSPS) is 25.3. The molecule has 1 aromatic rings. The fraction of sp³-hybridized carbons (Fsp3) is 0.588. The van der Waals surface area contributed by atoms with Crippen LogP contribution in [0.25, 0.3) is 0 Å². The first kappa shape index (κ1) is 27.9. The lowest BCUT2D eigenvalue weighted by Crippen LogP contribution is -2.60. The molecule has 2 amide bonds. The minimum absolute atomic E-state index is 0.305. The number of ether oxygens (including phenoxy) is 2. The molecule has 1 aliphatic heterocycles. The molecule has 18 heteroatoms. The number of aromatic nitrogens is 2. The van der Waals surface area contributed by atoms with Crippen LogP contribution in [0.2, 0.25) is 0 Å². The molecule has 0 aromatic carbocycles. The summed E-state index contributed by atoms with van der Waals surface area (Å²) in [5.41, 5.74) is 7.89. The van der Waals surface area contributed by atoms with E-state index >= 15 is 0 Å². The topological polar surface area (TPSA) is 310 Å². The number of amides is 2.